The number of nitrogens with zero attached hydrogens (tertiary/aromatic N) is 3. The Labute approximate surface area is 161 Å². The third-order valence-electron chi connectivity index (χ3n) is 4.52. The second-order valence-corrected chi connectivity index (χ2v) is 6.30. The Balaban J connectivity index is 1.89. The topological polar surface area (TPSA) is 53.0 Å². The second kappa shape index (κ2) is 7.08. The smallest absolute Gasteiger partial charge is 0.295 e. The predicted molar refractivity (Wildman–Crippen MR) is 105 cm³/mol. The molecule has 0 aliphatic carbocycles. The first-order valence-electron chi connectivity index (χ1n) is 8.67. The van der Waals surface area contributed by atoms with Crippen molar-refractivity contribution in [3.05, 3.63) is 101 Å². The summed E-state index contributed by atoms with van der Waals surface area (Å²) in [7, 11) is 1.59. The van der Waals surface area contributed by atoms with E-state index < -0.39 is 17.8 Å². The van der Waals surface area contributed by atoms with Crippen LogP contribution in [0.3, 0.4) is 0 Å². The molecule has 0 spiro atoms. The number of halogens is 1. The summed E-state index contributed by atoms with van der Waals surface area (Å²) in [4.78, 5) is 27.4. The van der Waals surface area contributed by atoms with Crippen LogP contribution in [0.4, 0.5) is 14.9 Å². The molecule has 0 unspecified atom stereocenters. The summed E-state index contributed by atoms with van der Waals surface area (Å²) < 4.78 is 13.2. The van der Waals surface area contributed by atoms with Crippen molar-refractivity contribution in [2.75, 3.05) is 11.9 Å². The number of carbonyl (C=O) groups excluding carboxylic acids is 2. The van der Waals surface area contributed by atoms with Gasteiger partial charge in [0.25, 0.3) is 5.91 Å². The molecule has 0 saturated carbocycles. The highest BCUT2D eigenvalue weighted by Crippen LogP contribution is 2.28. The van der Waals surface area contributed by atoms with Gasteiger partial charge in [-0.1, -0.05) is 48.5 Å². The Morgan fingerprint density at radius 2 is 1.54 bits per heavy atom. The van der Waals surface area contributed by atoms with Crippen molar-refractivity contribution >= 4 is 23.3 Å². The van der Waals surface area contributed by atoms with Gasteiger partial charge in [-0.2, -0.15) is 5.10 Å². The van der Waals surface area contributed by atoms with Crippen molar-refractivity contribution in [3.8, 4) is 0 Å². The van der Waals surface area contributed by atoms with Crippen LogP contribution in [-0.4, -0.2) is 29.7 Å². The lowest BCUT2D eigenvalue weighted by Crippen LogP contribution is -2.41. The monoisotopic (exact) mass is 373 g/mol. The number of imide groups is 1. The molecule has 1 heterocycles. The molecule has 138 valence electrons. The van der Waals surface area contributed by atoms with Gasteiger partial charge in [0.1, 0.15) is 11.5 Å². The molecule has 28 heavy (non-hydrogen) atoms. The number of para-hydroxylation sites is 1. The first-order valence-corrected chi connectivity index (χ1v) is 8.67. The molecule has 6 heteroatoms. The summed E-state index contributed by atoms with van der Waals surface area (Å²) in [5, 5.41) is 5.26. The van der Waals surface area contributed by atoms with Crippen LogP contribution >= 0.6 is 0 Å². The quantitative estimate of drug-likeness (QED) is 0.673. The van der Waals surface area contributed by atoms with Crippen molar-refractivity contribution in [2.45, 2.75) is 0 Å². The molecule has 4 rings (SSSR count). The van der Waals surface area contributed by atoms with Crippen LogP contribution in [-0.2, 0) is 0 Å². The molecule has 0 saturated heterocycles. The number of rotatable bonds is 2. The van der Waals surface area contributed by atoms with Gasteiger partial charge >= 0.3 is 6.03 Å². The summed E-state index contributed by atoms with van der Waals surface area (Å²) in [6.45, 7) is 0. The molecule has 3 aromatic rings. The molecule has 0 radical (unpaired) electrons. The van der Waals surface area contributed by atoms with Gasteiger partial charge in [0.2, 0.25) is 0 Å². The number of fused-ring (bicyclic) bond motifs is 1. The highest BCUT2D eigenvalue weighted by atomic mass is 19.1. The first kappa shape index (κ1) is 17.6. The van der Waals surface area contributed by atoms with E-state index in [1.165, 1.54) is 29.2 Å². The summed E-state index contributed by atoms with van der Waals surface area (Å²) in [6.07, 6.45) is 0. The number of benzene rings is 3. The van der Waals surface area contributed by atoms with Crippen molar-refractivity contribution in [3.63, 3.8) is 0 Å². The van der Waals surface area contributed by atoms with Gasteiger partial charge in [0.05, 0.1) is 5.69 Å². The number of hydrogen-bond donors (Lipinski definition) is 0. The Kier molecular flexibility index (Phi) is 4.45. The molecule has 0 atom stereocenters. The van der Waals surface area contributed by atoms with E-state index in [-0.39, 0.29) is 5.56 Å². The van der Waals surface area contributed by atoms with E-state index in [0.717, 1.165) is 16.1 Å². The lowest BCUT2D eigenvalue weighted by Gasteiger charge is -2.21. The molecule has 3 amide bonds. The summed E-state index contributed by atoms with van der Waals surface area (Å²) in [6, 6.07) is 21.1. The minimum atomic E-state index is -0.627. The molecule has 0 aromatic heterocycles. The highest BCUT2D eigenvalue weighted by molar-refractivity contribution is 6.21. The van der Waals surface area contributed by atoms with E-state index in [0.29, 0.717) is 11.4 Å². The van der Waals surface area contributed by atoms with Crippen LogP contribution in [0.25, 0.3) is 0 Å². The molecule has 1 aliphatic rings. The average molecular weight is 373 g/mol. The van der Waals surface area contributed by atoms with Gasteiger partial charge in [-0.05, 0) is 30.3 Å². The largest absolute Gasteiger partial charge is 0.352 e. The van der Waals surface area contributed by atoms with Crippen LogP contribution < -0.4 is 4.90 Å². The molecule has 0 bridgehead atoms. The standard InChI is InChI=1S/C22H16FN3O2/c1-25-19-10-6-5-9-18(19)20(15-7-3-2-4-8-15)24-26(22(25)28)21(27)16-11-13-17(23)14-12-16/h2-14H,1H3. The average Bonchev–Trinajstić information content (AvgIpc) is 2.84. The molecular weight excluding hydrogens is 357 g/mol. The molecule has 5 nitrogen and oxygen atoms in total. The zero-order valence-electron chi connectivity index (χ0n) is 15.0. The first-order chi connectivity index (χ1) is 13.6. The van der Waals surface area contributed by atoms with Crippen LogP contribution in [0, 0.1) is 5.82 Å². The van der Waals surface area contributed by atoms with Gasteiger partial charge in [-0.25, -0.2) is 9.18 Å². The summed E-state index contributed by atoms with van der Waals surface area (Å²) >= 11 is 0. The number of urea groups is 1. The minimum Gasteiger partial charge on any atom is -0.295 e. The molecule has 1 aliphatic heterocycles. The van der Waals surface area contributed by atoms with Crippen LogP contribution in [0.5, 0.6) is 0 Å². The van der Waals surface area contributed by atoms with E-state index >= 15 is 0 Å². The van der Waals surface area contributed by atoms with E-state index in [1.807, 2.05) is 48.5 Å². The fraction of sp³-hybridized carbons (Fsp3) is 0.0455. The van der Waals surface area contributed by atoms with Crippen LogP contribution in [0.1, 0.15) is 21.5 Å². The number of carbonyl (C=O) groups is 2. The molecule has 3 aromatic carbocycles. The fourth-order valence-electron chi connectivity index (χ4n) is 3.06. The Morgan fingerprint density at radius 1 is 0.893 bits per heavy atom. The second-order valence-electron chi connectivity index (χ2n) is 6.30. The van der Waals surface area contributed by atoms with Gasteiger partial charge in [-0.15, -0.1) is 5.01 Å². The SMILES string of the molecule is CN1C(=O)N(C(=O)c2ccc(F)cc2)N=C(c2ccccc2)c2ccccc21. The maximum Gasteiger partial charge on any atom is 0.352 e. The molecular formula is C22H16FN3O2. The van der Waals surface area contributed by atoms with Gasteiger partial charge in [-0.3, -0.25) is 9.69 Å². The van der Waals surface area contributed by atoms with Gasteiger partial charge < -0.3 is 0 Å². The Hall–Kier alpha value is -3.80. The maximum absolute atomic E-state index is 13.2. The molecule has 0 N–H and O–H groups in total. The fourth-order valence-corrected chi connectivity index (χ4v) is 3.06. The number of amides is 3. The van der Waals surface area contributed by atoms with Gasteiger partial charge in [0, 0.05) is 23.7 Å². The van der Waals surface area contributed by atoms with E-state index in [2.05, 4.69) is 5.10 Å². The predicted octanol–water partition coefficient (Wildman–Crippen LogP) is 4.29. The number of hydrogen-bond acceptors (Lipinski definition) is 3. The van der Waals surface area contributed by atoms with E-state index in [1.54, 1.807) is 13.1 Å². The van der Waals surface area contributed by atoms with E-state index in [4.69, 9.17) is 0 Å². The lowest BCUT2D eigenvalue weighted by atomic mass is 10.0. The summed E-state index contributed by atoms with van der Waals surface area (Å²) in [5.41, 5.74) is 2.83. The van der Waals surface area contributed by atoms with Crippen molar-refractivity contribution in [1.82, 2.24) is 5.01 Å². The highest BCUT2D eigenvalue weighted by Gasteiger charge is 2.32. The van der Waals surface area contributed by atoms with Gasteiger partial charge in [0.15, 0.2) is 0 Å². The van der Waals surface area contributed by atoms with Crippen molar-refractivity contribution in [2.24, 2.45) is 5.10 Å². The third kappa shape index (κ3) is 3.05. The number of hydrazone groups is 1. The zero-order chi connectivity index (χ0) is 19.7. The minimum absolute atomic E-state index is 0.172. The van der Waals surface area contributed by atoms with Crippen LogP contribution in [0.15, 0.2) is 84.0 Å². The summed E-state index contributed by atoms with van der Waals surface area (Å²) in [5.74, 6) is -1.09. The Bertz CT molecular complexity index is 1080. The van der Waals surface area contributed by atoms with E-state index in [9.17, 15) is 14.0 Å². The lowest BCUT2D eigenvalue weighted by molar-refractivity contribution is 0.0811. The maximum atomic E-state index is 13.2. The molecule has 0 fully saturated rings. The third-order valence-corrected chi connectivity index (χ3v) is 4.52. The van der Waals surface area contributed by atoms with Crippen LogP contribution in [0.2, 0.25) is 0 Å². The van der Waals surface area contributed by atoms with Crippen molar-refractivity contribution in [1.29, 1.82) is 0 Å². The zero-order valence-corrected chi connectivity index (χ0v) is 15.0. The normalized spacial score (nSPS) is 13.6. The van der Waals surface area contributed by atoms with Crippen molar-refractivity contribution < 1.29 is 14.0 Å². The number of anilines is 1. The Morgan fingerprint density at radius 3 is 2.25 bits per heavy atom.